The second-order valence-electron chi connectivity index (χ2n) is 6.44. The summed E-state index contributed by atoms with van der Waals surface area (Å²) >= 11 is 0. The number of amides is 1. The van der Waals surface area contributed by atoms with Crippen LogP contribution in [0, 0.1) is 0 Å². The van der Waals surface area contributed by atoms with E-state index >= 15 is 0 Å². The van der Waals surface area contributed by atoms with E-state index in [4.69, 9.17) is 0 Å². The predicted octanol–water partition coefficient (Wildman–Crippen LogP) is 4.56. The zero-order valence-corrected chi connectivity index (χ0v) is 15.1. The molecule has 0 fully saturated rings. The van der Waals surface area contributed by atoms with Gasteiger partial charge in [-0.2, -0.15) is 0 Å². The monoisotopic (exact) mass is 345 g/mol. The molecule has 0 saturated heterocycles. The van der Waals surface area contributed by atoms with Gasteiger partial charge >= 0.3 is 0 Å². The van der Waals surface area contributed by atoms with Crippen LogP contribution < -0.4 is 10.2 Å². The van der Waals surface area contributed by atoms with Gasteiger partial charge in [0.1, 0.15) is 5.69 Å². The summed E-state index contributed by atoms with van der Waals surface area (Å²) in [6, 6.07) is 24.3. The highest BCUT2D eigenvalue weighted by atomic mass is 16.1. The molecule has 0 spiro atoms. The molecule has 132 valence electrons. The lowest BCUT2D eigenvalue weighted by Gasteiger charge is -2.25. The van der Waals surface area contributed by atoms with Crippen molar-refractivity contribution in [3.8, 4) is 0 Å². The molecule has 4 nitrogen and oxygen atoms in total. The van der Waals surface area contributed by atoms with Gasteiger partial charge in [0.25, 0.3) is 5.91 Å². The van der Waals surface area contributed by atoms with Crippen LogP contribution in [0.4, 0.5) is 11.4 Å². The maximum Gasteiger partial charge on any atom is 0.270 e. The molecule has 0 unspecified atom stereocenters. The number of carbonyl (C=O) groups excluding carboxylic acids is 1. The highest BCUT2D eigenvalue weighted by Gasteiger charge is 2.13. The first-order valence-electron chi connectivity index (χ1n) is 8.77. The maximum absolute atomic E-state index is 12.1. The minimum Gasteiger partial charge on any atom is -0.349 e. The van der Waals surface area contributed by atoms with Gasteiger partial charge in [-0.3, -0.25) is 4.79 Å². The van der Waals surface area contributed by atoms with Gasteiger partial charge in [0.05, 0.1) is 11.9 Å². The fourth-order valence-electron chi connectivity index (χ4n) is 2.72. The zero-order valence-electron chi connectivity index (χ0n) is 15.1. The third-order valence-electron chi connectivity index (χ3n) is 3.96. The molecule has 4 heteroatoms. The van der Waals surface area contributed by atoms with Crippen molar-refractivity contribution in [3.05, 3.63) is 90.3 Å². The van der Waals surface area contributed by atoms with Crippen molar-refractivity contribution in [2.24, 2.45) is 0 Å². The second-order valence-corrected chi connectivity index (χ2v) is 6.44. The third-order valence-corrected chi connectivity index (χ3v) is 3.96. The SMILES string of the molecule is CC(C)NC(=O)c1ccc(N(Cc2ccccc2)c2ccccc2)cn1. The Kier molecular flexibility index (Phi) is 5.64. The maximum atomic E-state index is 12.1. The summed E-state index contributed by atoms with van der Waals surface area (Å²) in [5.41, 5.74) is 3.66. The van der Waals surface area contributed by atoms with Crippen LogP contribution in [0.15, 0.2) is 79.0 Å². The molecule has 3 aromatic rings. The third kappa shape index (κ3) is 4.48. The largest absolute Gasteiger partial charge is 0.349 e. The van der Waals surface area contributed by atoms with Crippen LogP contribution in [0.25, 0.3) is 0 Å². The van der Waals surface area contributed by atoms with E-state index in [0.717, 1.165) is 17.9 Å². The van der Waals surface area contributed by atoms with E-state index in [-0.39, 0.29) is 11.9 Å². The predicted molar refractivity (Wildman–Crippen MR) is 106 cm³/mol. The van der Waals surface area contributed by atoms with Crippen molar-refractivity contribution in [2.75, 3.05) is 4.90 Å². The van der Waals surface area contributed by atoms with Crippen LogP contribution in [0.5, 0.6) is 0 Å². The van der Waals surface area contributed by atoms with Gasteiger partial charge in [-0.1, -0.05) is 48.5 Å². The van der Waals surface area contributed by atoms with Crippen molar-refractivity contribution < 1.29 is 4.79 Å². The van der Waals surface area contributed by atoms with E-state index in [1.807, 2.05) is 56.3 Å². The Labute approximate surface area is 154 Å². The van der Waals surface area contributed by atoms with E-state index in [2.05, 4.69) is 39.5 Å². The highest BCUT2D eigenvalue weighted by molar-refractivity contribution is 5.92. The molecule has 0 atom stereocenters. The first-order chi connectivity index (χ1) is 12.6. The van der Waals surface area contributed by atoms with Crippen LogP contribution in [0.2, 0.25) is 0 Å². The fourth-order valence-corrected chi connectivity index (χ4v) is 2.72. The molecule has 1 aromatic heterocycles. The number of para-hydroxylation sites is 1. The molecule has 0 saturated carbocycles. The Morgan fingerprint density at radius 2 is 1.58 bits per heavy atom. The first-order valence-corrected chi connectivity index (χ1v) is 8.77. The van der Waals surface area contributed by atoms with Gasteiger partial charge < -0.3 is 10.2 Å². The molecular weight excluding hydrogens is 322 g/mol. The number of carbonyl (C=O) groups is 1. The number of hydrogen-bond acceptors (Lipinski definition) is 3. The summed E-state index contributed by atoms with van der Waals surface area (Å²) in [4.78, 5) is 18.7. The number of benzene rings is 2. The minimum atomic E-state index is -0.152. The summed E-state index contributed by atoms with van der Waals surface area (Å²) in [6.07, 6.45) is 1.76. The summed E-state index contributed by atoms with van der Waals surface area (Å²) in [6.45, 7) is 4.59. The molecule has 1 amide bonds. The van der Waals surface area contributed by atoms with E-state index in [1.165, 1.54) is 5.56 Å². The number of anilines is 2. The Morgan fingerprint density at radius 3 is 2.15 bits per heavy atom. The second kappa shape index (κ2) is 8.30. The average molecular weight is 345 g/mol. The Hall–Kier alpha value is -3.14. The Morgan fingerprint density at radius 1 is 0.923 bits per heavy atom. The summed E-state index contributed by atoms with van der Waals surface area (Å²) in [5, 5.41) is 2.86. The van der Waals surface area contributed by atoms with Crippen LogP contribution in [-0.4, -0.2) is 16.9 Å². The van der Waals surface area contributed by atoms with Crippen LogP contribution >= 0.6 is 0 Å². The van der Waals surface area contributed by atoms with Crippen molar-refractivity contribution in [1.29, 1.82) is 0 Å². The quantitative estimate of drug-likeness (QED) is 0.712. The Balaban J connectivity index is 1.88. The number of nitrogens with one attached hydrogen (secondary N) is 1. The molecule has 0 radical (unpaired) electrons. The van der Waals surface area contributed by atoms with Gasteiger partial charge in [0.15, 0.2) is 0 Å². The molecular formula is C22H23N3O. The van der Waals surface area contributed by atoms with Gasteiger partial charge in [0.2, 0.25) is 0 Å². The number of hydrogen-bond donors (Lipinski definition) is 1. The minimum absolute atomic E-state index is 0.0860. The van der Waals surface area contributed by atoms with E-state index in [0.29, 0.717) is 5.69 Å². The van der Waals surface area contributed by atoms with Crippen LogP contribution in [0.1, 0.15) is 29.9 Å². The lowest BCUT2D eigenvalue weighted by atomic mass is 10.1. The molecule has 3 rings (SSSR count). The van der Waals surface area contributed by atoms with E-state index < -0.39 is 0 Å². The van der Waals surface area contributed by atoms with Gasteiger partial charge in [-0.05, 0) is 43.7 Å². The highest BCUT2D eigenvalue weighted by Crippen LogP contribution is 2.26. The topological polar surface area (TPSA) is 45.2 Å². The molecule has 0 aliphatic rings. The smallest absolute Gasteiger partial charge is 0.270 e. The summed E-state index contributed by atoms with van der Waals surface area (Å²) < 4.78 is 0. The van der Waals surface area contributed by atoms with Gasteiger partial charge in [-0.25, -0.2) is 4.98 Å². The standard InChI is InChI=1S/C22H23N3O/c1-17(2)24-22(26)21-14-13-20(15-23-21)25(19-11-7-4-8-12-19)16-18-9-5-3-6-10-18/h3-15,17H,16H2,1-2H3,(H,24,26). The van der Waals surface area contributed by atoms with E-state index in [9.17, 15) is 4.79 Å². The summed E-state index contributed by atoms with van der Waals surface area (Å²) in [5.74, 6) is -0.152. The molecule has 2 aromatic carbocycles. The number of nitrogens with zero attached hydrogens (tertiary/aromatic N) is 2. The fraction of sp³-hybridized carbons (Fsp3) is 0.182. The van der Waals surface area contributed by atoms with Crippen molar-refractivity contribution >= 4 is 17.3 Å². The normalized spacial score (nSPS) is 10.6. The lowest BCUT2D eigenvalue weighted by Crippen LogP contribution is -2.30. The number of aromatic nitrogens is 1. The average Bonchev–Trinajstić information content (AvgIpc) is 2.67. The van der Waals surface area contributed by atoms with Crippen molar-refractivity contribution in [2.45, 2.75) is 26.4 Å². The van der Waals surface area contributed by atoms with Gasteiger partial charge in [-0.15, -0.1) is 0 Å². The molecule has 0 aliphatic heterocycles. The van der Waals surface area contributed by atoms with Crippen LogP contribution in [0.3, 0.4) is 0 Å². The summed E-state index contributed by atoms with van der Waals surface area (Å²) in [7, 11) is 0. The lowest BCUT2D eigenvalue weighted by molar-refractivity contribution is 0.0938. The molecule has 26 heavy (non-hydrogen) atoms. The number of rotatable bonds is 6. The molecule has 1 heterocycles. The molecule has 1 N–H and O–H groups in total. The van der Waals surface area contributed by atoms with Gasteiger partial charge in [0, 0.05) is 18.3 Å². The van der Waals surface area contributed by atoms with Crippen LogP contribution in [-0.2, 0) is 6.54 Å². The van der Waals surface area contributed by atoms with Crippen molar-refractivity contribution in [3.63, 3.8) is 0 Å². The number of pyridine rings is 1. The first kappa shape index (κ1) is 17.7. The molecule has 0 bridgehead atoms. The Bertz CT molecular complexity index is 830. The van der Waals surface area contributed by atoms with E-state index in [1.54, 1.807) is 12.3 Å². The molecule has 0 aliphatic carbocycles. The van der Waals surface area contributed by atoms with Crippen molar-refractivity contribution in [1.82, 2.24) is 10.3 Å². The zero-order chi connectivity index (χ0) is 18.4.